The molecule has 1 fully saturated rings. The molecule has 4 nitrogen and oxygen atoms in total. The second-order valence-electron chi connectivity index (χ2n) is 5.45. The molecule has 2 aromatic rings. The van der Waals surface area contributed by atoms with Gasteiger partial charge in [0.05, 0.1) is 38.1 Å². The highest BCUT2D eigenvalue weighted by molar-refractivity contribution is 7.89. The van der Waals surface area contributed by atoms with E-state index < -0.39 is 10.0 Å². The van der Waals surface area contributed by atoms with Crippen LogP contribution >= 0.6 is 11.6 Å². The molecule has 0 aromatic heterocycles. The molecule has 3 rings (SSSR count). The van der Waals surface area contributed by atoms with Crippen LogP contribution in [0.15, 0.2) is 41.3 Å². The van der Waals surface area contributed by atoms with E-state index in [1.807, 2.05) is 24.3 Å². The summed E-state index contributed by atoms with van der Waals surface area (Å²) < 4.78 is 27.4. The van der Waals surface area contributed by atoms with Crippen LogP contribution in [0, 0.1) is 0 Å². The van der Waals surface area contributed by atoms with Crippen molar-refractivity contribution >= 4 is 32.4 Å². The van der Waals surface area contributed by atoms with Gasteiger partial charge in [-0.2, -0.15) is 4.31 Å². The summed E-state index contributed by atoms with van der Waals surface area (Å²) in [5.74, 6) is 0. The molecule has 1 N–H and O–H groups in total. The number of hydrogen-bond acceptors (Lipinski definition) is 2. The normalized spacial score (nSPS) is 18.2. The Labute approximate surface area is 130 Å². The van der Waals surface area contributed by atoms with Crippen molar-refractivity contribution in [2.75, 3.05) is 33.2 Å². The van der Waals surface area contributed by atoms with Crippen LogP contribution < -0.4 is 4.90 Å². The second-order valence-corrected chi connectivity index (χ2v) is 7.77. The Bertz CT molecular complexity index is 768. The third-order valence-electron chi connectivity index (χ3n) is 4.02. The van der Waals surface area contributed by atoms with E-state index in [9.17, 15) is 8.42 Å². The van der Waals surface area contributed by atoms with Crippen LogP contribution in [0.5, 0.6) is 0 Å². The smallest absolute Gasteiger partial charge is 0.244 e. The number of piperazine rings is 1. The third-order valence-corrected chi connectivity index (χ3v) is 6.31. The molecule has 0 atom stereocenters. The minimum atomic E-state index is -3.47. The van der Waals surface area contributed by atoms with E-state index >= 15 is 0 Å². The van der Waals surface area contributed by atoms with Gasteiger partial charge in [0.2, 0.25) is 10.0 Å². The van der Waals surface area contributed by atoms with Gasteiger partial charge < -0.3 is 4.90 Å². The Hall–Kier alpha value is -1.14. The summed E-state index contributed by atoms with van der Waals surface area (Å²) in [6, 6.07) is 10.7. The zero-order chi connectivity index (χ0) is 15.0. The maximum atomic E-state index is 12.9. The zero-order valence-electron chi connectivity index (χ0n) is 11.8. The van der Waals surface area contributed by atoms with E-state index in [0.29, 0.717) is 28.4 Å². The first kappa shape index (κ1) is 14.8. The Kier molecular flexibility index (Phi) is 3.92. The van der Waals surface area contributed by atoms with E-state index in [4.69, 9.17) is 11.6 Å². The number of benzene rings is 2. The standard InChI is InChI=1S/C15H17ClN2O2S/c1-17-8-10-18(11-9-17)21(19,20)15-7-6-14(16)12-4-2-3-5-13(12)15/h2-7H,8-11H2,1H3/p+1. The number of fused-ring (bicyclic) bond motifs is 1. The summed E-state index contributed by atoms with van der Waals surface area (Å²) in [7, 11) is -1.38. The molecule has 1 aliphatic heterocycles. The van der Waals surface area contributed by atoms with Crippen molar-refractivity contribution in [1.29, 1.82) is 0 Å². The van der Waals surface area contributed by atoms with Crippen molar-refractivity contribution in [3.63, 3.8) is 0 Å². The molecule has 0 saturated carbocycles. The van der Waals surface area contributed by atoms with Crippen molar-refractivity contribution < 1.29 is 13.3 Å². The Morgan fingerprint density at radius 2 is 1.67 bits per heavy atom. The van der Waals surface area contributed by atoms with Crippen molar-refractivity contribution in [1.82, 2.24) is 4.31 Å². The lowest BCUT2D eigenvalue weighted by atomic mass is 10.1. The minimum Gasteiger partial charge on any atom is -0.335 e. The molecule has 0 aliphatic carbocycles. The highest BCUT2D eigenvalue weighted by Crippen LogP contribution is 2.30. The average Bonchev–Trinajstić information content (AvgIpc) is 2.48. The molecule has 112 valence electrons. The van der Waals surface area contributed by atoms with Crippen LogP contribution in [-0.2, 0) is 10.0 Å². The van der Waals surface area contributed by atoms with Crippen LogP contribution in [0.4, 0.5) is 0 Å². The van der Waals surface area contributed by atoms with Crippen molar-refractivity contribution in [2.45, 2.75) is 4.90 Å². The van der Waals surface area contributed by atoms with E-state index in [1.165, 1.54) is 4.90 Å². The first-order valence-electron chi connectivity index (χ1n) is 6.99. The lowest BCUT2D eigenvalue weighted by Crippen LogP contribution is -3.12. The maximum Gasteiger partial charge on any atom is 0.244 e. The molecule has 1 heterocycles. The molecule has 1 aliphatic rings. The van der Waals surface area contributed by atoms with Crippen molar-refractivity contribution in [3.8, 4) is 0 Å². The van der Waals surface area contributed by atoms with E-state index in [2.05, 4.69) is 7.05 Å². The van der Waals surface area contributed by atoms with Crippen molar-refractivity contribution in [2.24, 2.45) is 0 Å². The number of halogens is 1. The van der Waals surface area contributed by atoms with Gasteiger partial charge in [0, 0.05) is 15.8 Å². The van der Waals surface area contributed by atoms with Crippen LogP contribution in [-0.4, -0.2) is 45.9 Å². The number of quaternary nitrogens is 1. The summed E-state index contributed by atoms with van der Waals surface area (Å²) in [4.78, 5) is 1.71. The first-order chi connectivity index (χ1) is 10.00. The molecular weight excluding hydrogens is 308 g/mol. The molecule has 0 bridgehead atoms. The second kappa shape index (κ2) is 5.57. The molecule has 0 spiro atoms. The van der Waals surface area contributed by atoms with E-state index in [0.717, 1.165) is 18.5 Å². The van der Waals surface area contributed by atoms with Gasteiger partial charge in [-0.1, -0.05) is 35.9 Å². The molecule has 2 aromatic carbocycles. The van der Waals surface area contributed by atoms with Crippen LogP contribution in [0.25, 0.3) is 10.8 Å². The Morgan fingerprint density at radius 3 is 2.33 bits per heavy atom. The molecule has 1 saturated heterocycles. The quantitative estimate of drug-likeness (QED) is 0.895. The molecule has 0 radical (unpaired) electrons. The van der Waals surface area contributed by atoms with E-state index in [-0.39, 0.29) is 0 Å². The van der Waals surface area contributed by atoms with Gasteiger partial charge in [0.15, 0.2) is 0 Å². The highest BCUT2D eigenvalue weighted by atomic mass is 35.5. The summed E-state index contributed by atoms with van der Waals surface area (Å²) in [6.45, 7) is 2.80. The molecule has 0 amide bonds. The molecule has 0 unspecified atom stereocenters. The Balaban J connectivity index is 2.09. The third kappa shape index (κ3) is 2.66. The monoisotopic (exact) mass is 325 g/mol. The van der Waals surface area contributed by atoms with Gasteiger partial charge in [-0.15, -0.1) is 0 Å². The van der Waals surface area contributed by atoms with Gasteiger partial charge in [-0.3, -0.25) is 0 Å². The lowest BCUT2D eigenvalue weighted by Gasteiger charge is -2.29. The molecular formula is C15H18ClN2O2S+. The largest absolute Gasteiger partial charge is 0.335 e. The number of rotatable bonds is 2. The number of nitrogens with zero attached hydrogens (tertiary/aromatic N) is 1. The summed E-state index contributed by atoms with van der Waals surface area (Å²) in [5.41, 5.74) is 0. The zero-order valence-corrected chi connectivity index (χ0v) is 13.4. The summed E-state index contributed by atoms with van der Waals surface area (Å²) in [6.07, 6.45) is 0. The van der Waals surface area contributed by atoms with Gasteiger partial charge >= 0.3 is 0 Å². The van der Waals surface area contributed by atoms with Gasteiger partial charge in [0.1, 0.15) is 0 Å². The van der Waals surface area contributed by atoms with Gasteiger partial charge in [-0.25, -0.2) is 8.42 Å². The fraction of sp³-hybridized carbons (Fsp3) is 0.333. The van der Waals surface area contributed by atoms with Crippen LogP contribution in [0.1, 0.15) is 0 Å². The average molecular weight is 326 g/mol. The van der Waals surface area contributed by atoms with Crippen LogP contribution in [0.2, 0.25) is 5.02 Å². The van der Waals surface area contributed by atoms with Gasteiger partial charge in [0.25, 0.3) is 0 Å². The Morgan fingerprint density at radius 1 is 1.05 bits per heavy atom. The van der Waals surface area contributed by atoms with Gasteiger partial charge in [-0.05, 0) is 12.1 Å². The van der Waals surface area contributed by atoms with Crippen molar-refractivity contribution in [3.05, 3.63) is 41.4 Å². The lowest BCUT2D eigenvalue weighted by molar-refractivity contribution is -0.883. The summed E-state index contributed by atoms with van der Waals surface area (Å²) >= 11 is 6.17. The first-order valence-corrected chi connectivity index (χ1v) is 8.80. The fourth-order valence-electron chi connectivity index (χ4n) is 2.71. The highest BCUT2D eigenvalue weighted by Gasteiger charge is 2.30. The molecule has 21 heavy (non-hydrogen) atoms. The number of likely N-dealkylation sites (N-methyl/N-ethyl adjacent to an activating group) is 1. The van der Waals surface area contributed by atoms with Crippen LogP contribution in [0.3, 0.4) is 0 Å². The predicted octanol–water partition coefficient (Wildman–Crippen LogP) is 1.01. The number of hydrogen-bond donors (Lipinski definition) is 1. The number of nitrogens with one attached hydrogen (secondary N) is 1. The SMILES string of the molecule is C[NH+]1CCN(S(=O)(=O)c2ccc(Cl)c3ccccc23)CC1. The molecule has 6 heteroatoms. The fourth-order valence-corrected chi connectivity index (χ4v) is 4.57. The topological polar surface area (TPSA) is 41.8 Å². The van der Waals surface area contributed by atoms with E-state index in [1.54, 1.807) is 16.4 Å². The summed E-state index contributed by atoms with van der Waals surface area (Å²) in [5, 5.41) is 2.05. The predicted molar refractivity (Wildman–Crippen MR) is 84.3 cm³/mol. The number of sulfonamides is 1. The minimum absolute atomic E-state index is 0.349. The maximum absolute atomic E-state index is 12.9.